The molecule has 0 atom stereocenters. The predicted molar refractivity (Wildman–Crippen MR) is 104 cm³/mol. The Hall–Kier alpha value is -3.21. The Morgan fingerprint density at radius 2 is 1.81 bits per heavy atom. The smallest absolute Gasteiger partial charge is 0.256 e. The van der Waals surface area contributed by atoms with Gasteiger partial charge in [-0.15, -0.1) is 0 Å². The molecular formula is C21H21N3O2. The zero-order valence-corrected chi connectivity index (χ0v) is 15.1. The average Bonchev–Trinajstić information content (AvgIpc) is 2.66. The van der Waals surface area contributed by atoms with E-state index in [1.165, 1.54) is 0 Å². The maximum Gasteiger partial charge on any atom is 0.256 e. The number of nitrogens with zero attached hydrogens (tertiary/aromatic N) is 1. The van der Waals surface area contributed by atoms with Gasteiger partial charge in [0.25, 0.3) is 11.8 Å². The van der Waals surface area contributed by atoms with E-state index in [4.69, 9.17) is 0 Å². The number of carbonyl (C=O) groups excluding carboxylic acids is 2. The molecule has 26 heavy (non-hydrogen) atoms. The van der Waals surface area contributed by atoms with E-state index < -0.39 is 0 Å². The molecule has 3 rings (SSSR count). The van der Waals surface area contributed by atoms with Crippen LogP contribution >= 0.6 is 0 Å². The summed E-state index contributed by atoms with van der Waals surface area (Å²) in [4.78, 5) is 29.5. The van der Waals surface area contributed by atoms with Crippen molar-refractivity contribution in [2.45, 2.75) is 20.3 Å². The average molecular weight is 347 g/mol. The van der Waals surface area contributed by atoms with Gasteiger partial charge in [-0.05, 0) is 43.2 Å². The second-order valence-corrected chi connectivity index (χ2v) is 6.04. The van der Waals surface area contributed by atoms with E-state index in [1.807, 2.05) is 38.1 Å². The fourth-order valence-electron chi connectivity index (χ4n) is 3.07. The number of hydrogen-bond acceptors (Lipinski definition) is 3. The number of anilines is 1. The van der Waals surface area contributed by atoms with Crippen LogP contribution in [-0.4, -0.2) is 23.8 Å². The highest BCUT2D eigenvalue weighted by atomic mass is 16.2. The normalized spacial score (nSPS) is 10.6. The number of carbonyl (C=O) groups is 2. The summed E-state index contributed by atoms with van der Waals surface area (Å²) < 4.78 is 0. The predicted octanol–water partition coefficient (Wildman–Crippen LogP) is 3.72. The number of aryl methyl sites for hydroxylation is 1. The first-order valence-corrected chi connectivity index (χ1v) is 8.56. The van der Waals surface area contributed by atoms with Crippen molar-refractivity contribution in [2.75, 3.05) is 12.4 Å². The molecule has 132 valence electrons. The van der Waals surface area contributed by atoms with Gasteiger partial charge >= 0.3 is 0 Å². The molecular weight excluding hydrogens is 326 g/mol. The molecule has 0 radical (unpaired) electrons. The van der Waals surface area contributed by atoms with Crippen LogP contribution in [-0.2, 0) is 6.42 Å². The quantitative estimate of drug-likeness (QED) is 0.756. The summed E-state index contributed by atoms with van der Waals surface area (Å²) in [6.45, 7) is 3.95. The van der Waals surface area contributed by atoms with Crippen molar-refractivity contribution in [2.24, 2.45) is 0 Å². The van der Waals surface area contributed by atoms with E-state index in [-0.39, 0.29) is 11.8 Å². The highest BCUT2D eigenvalue weighted by Gasteiger charge is 2.17. The Morgan fingerprint density at radius 3 is 2.54 bits per heavy atom. The second-order valence-electron chi connectivity index (χ2n) is 6.04. The number of aromatic nitrogens is 1. The van der Waals surface area contributed by atoms with Gasteiger partial charge < -0.3 is 10.6 Å². The standard InChI is InChI=1S/C21H21N3O2/c1-4-17-13(2)19(16-10-5-6-11-18(16)24-17)21(26)23-15-9-7-8-14(12-15)20(25)22-3/h5-12H,4H2,1-3H3,(H,22,25)(H,23,26). The first-order valence-electron chi connectivity index (χ1n) is 8.56. The van der Waals surface area contributed by atoms with Gasteiger partial charge in [0.1, 0.15) is 0 Å². The Morgan fingerprint density at radius 1 is 1.04 bits per heavy atom. The summed E-state index contributed by atoms with van der Waals surface area (Å²) >= 11 is 0. The summed E-state index contributed by atoms with van der Waals surface area (Å²) in [5.41, 5.74) is 4.29. The molecule has 0 aliphatic rings. The lowest BCUT2D eigenvalue weighted by Crippen LogP contribution is -2.19. The zero-order chi connectivity index (χ0) is 18.7. The number of para-hydroxylation sites is 1. The van der Waals surface area contributed by atoms with Crippen LogP contribution in [0.25, 0.3) is 10.9 Å². The Labute approximate surface area is 152 Å². The first kappa shape index (κ1) is 17.6. The van der Waals surface area contributed by atoms with E-state index in [1.54, 1.807) is 31.3 Å². The third kappa shape index (κ3) is 3.28. The van der Waals surface area contributed by atoms with E-state index in [0.717, 1.165) is 28.6 Å². The molecule has 0 fully saturated rings. The van der Waals surface area contributed by atoms with E-state index in [0.29, 0.717) is 16.8 Å². The van der Waals surface area contributed by atoms with Gasteiger partial charge in [-0.3, -0.25) is 14.6 Å². The Kier molecular flexibility index (Phi) is 4.98. The highest BCUT2D eigenvalue weighted by Crippen LogP contribution is 2.25. The number of hydrogen-bond donors (Lipinski definition) is 2. The SMILES string of the molecule is CCc1nc2ccccc2c(C(=O)Nc2cccc(C(=O)NC)c2)c1C. The summed E-state index contributed by atoms with van der Waals surface area (Å²) in [6.07, 6.45) is 0.753. The van der Waals surface area contributed by atoms with Crippen molar-refractivity contribution in [1.82, 2.24) is 10.3 Å². The van der Waals surface area contributed by atoms with Crippen molar-refractivity contribution in [3.05, 3.63) is 70.9 Å². The minimum atomic E-state index is -0.204. The van der Waals surface area contributed by atoms with Gasteiger partial charge in [0.15, 0.2) is 0 Å². The molecule has 1 heterocycles. The van der Waals surface area contributed by atoms with Gasteiger partial charge in [-0.25, -0.2) is 0 Å². The zero-order valence-electron chi connectivity index (χ0n) is 15.1. The molecule has 0 spiro atoms. The number of fused-ring (bicyclic) bond motifs is 1. The molecule has 2 amide bonds. The summed E-state index contributed by atoms with van der Waals surface area (Å²) in [5, 5.41) is 6.32. The Bertz CT molecular complexity index is 996. The maximum atomic E-state index is 13.0. The van der Waals surface area contributed by atoms with Crippen LogP contribution in [0, 0.1) is 6.92 Å². The number of pyridine rings is 1. The van der Waals surface area contributed by atoms with E-state index >= 15 is 0 Å². The summed E-state index contributed by atoms with van der Waals surface area (Å²) in [7, 11) is 1.58. The molecule has 0 saturated carbocycles. The fraction of sp³-hybridized carbons (Fsp3) is 0.190. The monoisotopic (exact) mass is 347 g/mol. The number of benzene rings is 2. The Balaban J connectivity index is 2.03. The van der Waals surface area contributed by atoms with Gasteiger partial charge in [0.05, 0.1) is 11.1 Å². The number of rotatable bonds is 4. The molecule has 5 nitrogen and oxygen atoms in total. The van der Waals surface area contributed by atoms with Crippen LogP contribution in [0.15, 0.2) is 48.5 Å². The van der Waals surface area contributed by atoms with Crippen molar-refractivity contribution >= 4 is 28.4 Å². The molecule has 0 saturated heterocycles. The molecule has 0 bridgehead atoms. The van der Waals surface area contributed by atoms with Crippen LogP contribution in [0.4, 0.5) is 5.69 Å². The van der Waals surface area contributed by atoms with Gasteiger partial charge in [0, 0.05) is 29.4 Å². The van der Waals surface area contributed by atoms with Crippen molar-refractivity contribution < 1.29 is 9.59 Å². The molecule has 0 unspecified atom stereocenters. The van der Waals surface area contributed by atoms with Gasteiger partial charge in [-0.2, -0.15) is 0 Å². The molecule has 2 N–H and O–H groups in total. The van der Waals surface area contributed by atoms with Crippen LogP contribution in [0.5, 0.6) is 0 Å². The minimum Gasteiger partial charge on any atom is -0.355 e. The number of nitrogens with one attached hydrogen (secondary N) is 2. The lowest BCUT2D eigenvalue weighted by atomic mass is 9.99. The highest BCUT2D eigenvalue weighted by molar-refractivity contribution is 6.13. The third-order valence-corrected chi connectivity index (χ3v) is 4.41. The molecule has 1 aromatic heterocycles. The maximum absolute atomic E-state index is 13.0. The van der Waals surface area contributed by atoms with Crippen LogP contribution in [0.1, 0.15) is 38.9 Å². The lowest BCUT2D eigenvalue weighted by Gasteiger charge is -2.14. The lowest BCUT2D eigenvalue weighted by molar-refractivity contribution is 0.0961. The first-order chi connectivity index (χ1) is 12.5. The molecule has 0 aliphatic heterocycles. The van der Waals surface area contributed by atoms with Gasteiger partial charge in [0.2, 0.25) is 0 Å². The summed E-state index contributed by atoms with van der Waals surface area (Å²) in [6, 6.07) is 14.5. The molecule has 3 aromatic rings. The molecule has 0 aliphatic carbocycles. The van der Waals surface area contributed by atoms with Gasteiger partial charge in [-0.1, -0.05) is 31.2 Å². The molecule has 2 aromatic carbocycles. The van der Waals surface area contributed by atoms with E-state index in [2.05, 4.69) is 15.6 Å². The topological polar surface area (TPSA) is 71.1 Å². The third-order valence-electron chi connectivity index (χ3n) is 4.41. The van der Waals surface area contributed by atoms with Crippen LogP contribution < -0.4 is 10.6 Å². The fourth-order valence-corrected chi connectivity index (χ4v) is 3.07. The van der Waals surface area contributed by atoms with Crippen LogP contribution in [0.2, 0.25) is 0 Å². The summed E-state index contributed by atoms with van der Waals surface area (Å²) in [5.74, 6) is -0.398. The number of amides is 2. The van der Waals surface area contributed by atoms with Crippen molar-refractivity contribution in [3.63, 3.8) is 0 Å². The molecule has 5 heteroatoms. The minimum absolute atomic E-state index is 0.195. The van der Waals surface area contributed by atoms with Crippen LogP contribution in [0.3, 0.4) is 0 Å². The van der Waals surface area contributed by atoms with Crippen molar-refractivity contribution in [1.29, 1.82) is 0 Å². The van der Waals surface area contributed by atoms with E-state index in [9.17, 15) is 9.59 Å². The largest absolute Gasteiger partial charge is 0.355 e. The van der Waals surface area contributed by atoms with Crippen molar-refractivity contribution in [3.8, 4) is 0 Å². The second kappa shape index (κ2) is 7.35.